The van der Waals surface area contributed by atoms with E-state index in [-0.39, 0.29) is 0 Å². The summed E-state index contributed by atoms with van der Waals surface area (Å²) >= 11 is 0. The van der Waals surface area contributed by atoms with Crippen LogP contribution in [0.1, 0.15) is 18.4 Å². The van der Waals surface area contributed by atoms with Gasteiger partial charge >= 0.3 is 0 Å². The minimum absolute atomic E-state index is 0.326. The molecule has 1 aromatic rings. The van der Waals surface area contributed by atoms with Gasteiger partial charge in [0.05, 0.1) is 0 Å². The maximum atomic E-state index is 6.04. The molecule has 0 aliphatic rings. The Morgan fingerprint density at radius 2 is 1.80 bits per heavy atom. The molecule has 0 aromatic heterocycles. The SMILES string of the molecule is CN(C)CCC(N)CCc1ccccc1. The van der Waals surface area contributed by atoms with E-state index in [0.717, 1.165) is 25.8 Å². The lowest BCUT2D eigenvalue weighted by Crippen LogP contribution is -2.26. The molecule has 1 unspecified atom stereocenters. The standard InChI is InChI=1S/C13H22N2/c1-15(2)11-10-13(14)9-8-12-6-4-3-5-7-12/h3-7,13H,8-11,14H2,1-2H3. The highest BCUT2D eigenvalue weighted by Gasteiger charge is 2.03. The molecule has 0 fully saturated rings. The van der Waals surface area contributed by atoms with Crippen LogP contribution in [0.15, 0.2) is 30.3 Å². The summed E-state index contributed by atoms with van der Waals surface area (Å²) in [5.41, 5.74) is 7.43. The molecule has 2 heteroatoms. The van der Waals surface area contributed by atoms with Crippen molar-refractivity contribution in [3.63, 3.8) is 0 Å². The van der Waals surface area contributed by atoms with E-state index in [2.05, 4.69) is 49.3 Å². The Morgan fingerprint density at radius 3 is 2.40 bits per heavy atom. The van der Waals surface area contributed by atoms with Crippen molar-refractivity contribution < 1.29 is 0 Å². The molecule has 2 nitrogen and oxygen atoms in total. The van der Waals surface area contributed by atoms with Gasteiger partial charge in [0.15, 0.2) is 0 Å². The molecule has 1 aromatic carbocycles. The van der Waals surface area contributed by atoms with E-state index in [0.29, 0.717) is 6.04 Å². The largest absolute Gasteiger partial charge is 0.328 e. The molecule has 84 valence electrons. The molecular formula is C13H22N2. The van der Waals surface area contributed by atoms with Gasteiger partial charge < -0.3 is 10.6 Å². The Hall–Kier alpha value is -0.860. The molecule has 0 saturated carbocycles. The van der Waals surface area contributed by atoms with Gasteiger partial charge in [-0.05, 0) is 45.5 Å². The summed E-state index contributed by atoms with van der Waals surface area (Å²) in [4.78, 5) is 2.18. The van der Waals surface area contributed by atoms with Crippen LogP contribution < -0.4 is 5.73 Å². The van der Waals surface area contributed by atoms with Crippen molar-refractivity contribution in [2.24, 2.45) is 5.73 Å². The molecule has 0 aliphatic heterocycles. The summed E-state index contributed by atoms with van der Waals surface area (Å²) in [5.74, 6) is 0. The minimum Gasteiger partial charge on any atom is -0.328 e. The van der Waals surface area contributed by atoms with Crippen LogP contribution in [0, 0.1) is 0 Å². The van der Waals surface area contributed by atoms with Crippen molar-refractivity contribution in [1.82, 2.24) is 4.90 Å². The van der Waals surface area contributed by atoms with Crippen LogP contribution in [-0.2, 0) is 6.42 Å². The van der Waals surface area contributed by atoms with Crippen molar-refractivity contribution in [3.05, 3.63) is 35.9 Å². The second kappa shape index (κ2) is 6.59. The Labute approximate surface area is 93.1 Å². The molecule has 0 amide bonds. The fraction of sp³-hybridized carbons (Fsp3) is 0.538. The normalized spacial score (nSPS) is 13.1. The summed E-state index contributed by atoms with van der Waals surface area (Å²) in [6.45, 7) is 1.08. The molecular weight excluding hydrogens is 184 g/mol. The van der Waals surface area contributed by atoms with Gasteiger partial charge in [-0.15, -0.1) is 0 Å². The van der Waals surface area contributed by atoms with Crippen molar-refractivity contribution in [1.29, 1.82) is 0 Å². The number of nitrogens with zero attached hydrogens (tertiary/aromatic N) is 1. The van der Waals surface area contributed by atoms with Gasteiger partial charge in [0.1, 0.15) is 0 Å². The first-order chi connectivity index (χ1) is 7.18. The van der Waals surface area contributed by atoms with Crippen LogP contribution in [0.2, 0.25) is 0 Å². The molecule has 0 saturated heterocycles. The lowest BCUT2D eigenvalue weighted by atomic mass is 10.0. The summed E-state index contributed by atoms with van der Waals surface area (Å²) in [6, 6.07) is 10.9. The fourth-order valence-electron chi connectivity index (χ4n) is 1.57. The van der Waals surface area contributed by atoms with Crippen LogP contribution >= 0.6 is 0 Å². The van der Waals surface area contributed by atoms with Crippen molar-refractivity contribution in [3.8, 4) is 0 Å². The zero-order chi connectivity index (χ0) is 11.1. The van der Waals surface area contributed by atoms with Crippen LogP contribution in [0.5, 0.6) is 0 Å². The molecule has 2 N–H and O–H groups in total. The molecule has 1 rings (SSSR count). The van der Waals surface area contributed by atoms with Crippen LogP contribution in [0.4, 0.5) is 0 Å². The first-order valence-corrected chi connectivity index (χ1v) is 5.62. The lowest BCUT2D eigenvalue weighted by molar-refractivity contribution is 0.375. The van der Waals surface area contributed by atoms with Gasteiger partial charge in [-0.25, -0.2) is 0 Å². The highest BCUT2D eigenvalue weighted by atomic mass is 15.0. The molecule has 0 spiro atoms. The molecule has 15 heavy (non-hydrogen) atoms. The maximum Gasteiger partial charge on any atom is 0.00541 e. The number of aryl methyl sites for hydroxylation is 1. The highest BCUT2D eigenvalue weighted by molar-refractivity contribution is 5.14. The predicted octanol–water partition coefficient (Wildman–Crippen LogP) is 1.90. The average Bonchev–Trinajstić information content (AvgIpc) is 2.25. The Balaban J connectivity index is 2.19. The maximum absolute atomic E-state index is 6.04. The molecule has 0 bridgehead atoms. The highest BCUT2D eigenvalue weighted by Crippen LogP contribution is 2.05. The van der Waals surface area contributed by atoms with Gasteiger partial charge in [0.25, 0.3) is 0 Å². The van der Waals surface area contributed by atoms with E-state index in [1.807, 2.05) is 0 Å². The second-order valence-electron chi connectivity index (χ2n) is 4.38. The van der Waals surface area contributed by atoms with Crippen LogP contribution in [0.25, 0.3) is 0 Å². The third-order valence-corrected chi connectivity index (χ3v) is 2.59. The zero-order valence-corrected chi connectivity index (χ0v) is 9.82. The third-order valence-electron chi connectivity index (χ3n) is 2.59. The number of benzene rings is 1. The van der Waals surface area contributed by atoms with Gasteiger partial charge in [0.2, 0.25) is 0 Å². The second-order valence-corrected chi connectivity index (χ2v) is 4.38. The smallest absolute Gasteiger partial charge is 0.00541 e. The van der Waals surface area contributed by atoms with E-state index >= 15 is 0 Å². The average molecular weight is 206 g/mol. The minimum atomic E-state index is 0.326. The molecule has 1 atom stereocenters. The molecule has 0 heterocycles. The fourth-order valence-corrected chi connectivity index (χ4v) is 1.57. The number of hydrogen-bond donors (Lipinski definition) is 1. The topological polar surface area (TPSA) is 29.3 Å². The van der Waals surface area contributed by atoms with Gasteiger partial charge in [-0.3, -0.25) is 0 Å². The Kier molecular flexibility index (Phi) is 5.37. The first-order valence-electron chi connectivity index (χ1n) is 5.62. The van der Waals surface area contributed by atoms with Crippen molar-refractivity contribution in [2.45, 2.75) is 25.3 Å². The van der Waals surface area contributed by atoms with Crippen LogP contribution in [0.3, 0.4) is 0 Å². The predicted molar refractivity (Wildman–Crippen MR) is 65.9 cm³/mol. The Bertz CT molecular complexity index is 256. The van der Waals surface area contributed by atoms with E-state index in [4.69, 9.17) is 5.73 Å². The third kappa shape index (κ3) is 5.55. The zero-order valence-electron chi connectivity index (χ0n) is 9.82. The Morgan fingerprint density at radius 1 is 1.13 bits per heavy atom. The number of nitrogens with two attached hydrogens (primary N) is 1. The van der Waals surface area contributed by atoms with Gasteiger partial charge in [0, 0.05) is 6.04 Å². The van der Waals surface area contributed by atoms with Gasteiger partial charge in [-0.1, -0.05) is 30.3 Å². The molecule has 0 aliphatic carbocycles. The van der Waals surface area contributed by atoms with E-state index in [9.17, 15) is 0 Å². The summed E-state index contributed by atoms with van der Waals surface area (Å²) in [6.07, 6.45) is 3.26. The van der Waals surface area contributed by atoms with E-state index < -0.39 is 0 Å². The van der Waals surface area contributed by atoms with E-state index in [1.54, 1.807) is 0 Å². The quantitative estimate of drug-likeness (QED) is 0.770. The summed E-state index contributed by atoms with van der Waals surface area (Å²) in [7, 11) is 4.17. The van der Waals surface area contributed by atoms with Crippen molar-refractivity contribution >= 4 is 0 Å². The van der Waals surface area contributed by atoms with Crippen LogP contribution in [-0.4, -0.2) is 31.6 Å². The summed E-state index contributed by atoms with van der Waals surface area (Å²) in [5, 5.41) is 0. The number of hydrogen-bond acceptors (Lipinski definition) is 2. The van der Waals surface area contributed by atoms with Gasteiger partial charge in [-0.2, -0.15) is 0 Å². The van der Waals surface area contributed by atoms with E-state index in [1.165, 1.54) is 5.56 Å². The molecule has 0 radical (unpaired) electrons. The monoisotopic (exact) mass is 206 g/mol. The lowest BCUT2D eigenvalue weighted by Gasteiger charge is -2.14. The summed E-state index contributed by atoms with van der Waals surface area (Å²) < 4.78 is 0. The first kappa shape index (κ1) is 12.2. The number of rotatable bonds is 6. The van der Waals surface area contributed by atoms with Crippen molar-refractivity contribution in [2.75, 3.05) is 20.6 Å².